The number of hydrogen-bond donors (Lipinski definition) is 2. The van der Waals surface area contributed by atoms with Gasteiger partial charge in [0.1, 0.15) is 5.84 Å². The van der Waals surface area contributed by atoms with Gasteiger partial charge < -0.3 is 20.6 Å². The molecule has 0 saturated heterocycles. The van der Waals surface area contributed by atoms with Crippen molar-refractivity contribution in [3.8, 4) is 0 Å². The maximum atomic E-state index is 12.8. The summed E-state index contributed by atoms with van der Waals surface area (Å²) in [5.74, 6) is 3.53. The number of hydrogen-bond acceptors (Lipinski definition) is 4. The number of fused-ring (bicyclic) bond motifs is 5. The molecule has 3 N–H and O–H groups in total. The van der Waals surface area contributed by atoms with E-state index < -0.39 is 0 Å². The first-order valence-corrected chi connectivity index (χ1v) is 7.91. The Labute approximate surface area is 125 Å². The molecule has 6 heteroatoms. The van der Waals surface area contributed by atoms with Crippen molar-refractivity contribution in [2.24, 2.45) is 40.5 Å². The number of amidine groups is 1. The summed E-state index contributed by atoms with van der Waals surface area (Å²) in [5, 5.41) is 11.6. The third kappa shape index (κ3) is 2.61. The molecule has 0 spiro atoms. The third-order valence-corrected chi connectivity index (χ3v) is 5.66. The highest BCUT2D eigenvalue weighted by atomic mass is 16.5. The van der Waals surface area contributed by atoms with E-state index in [9.17, 15) is 4.79 Å². The van der Waals surface area contributed by atoms with Crippen LogP contribution in [-0.4, -0.2) is 48.7 Å². The number of methoxy groups -OCH3 is 1. The normalized spacial score (nSPS) is 36.6. The molecule has 2 bridgehead atoms. The predicted molar refractivity (Wildman–Crippen MR) is 77.8 cm³/mol. The zero-order valence-electron chi connectivity index (χ0n) is 12.6. The highest BCUT2D eigenvalue weighted by Gasteiger charge is 2.67. The van der Waals surface area contributed by atoms with Crippen LogP contribution in [0.5, 0.6) is 0 Å². The van der Waals surface area contributed by atoms with Gasteiger partial charge in [-0.15, -0.1) is 0 Å². The van der Waals surface area contributed by atoms with Crippen molar-refractivity contribution in [1.29, 1.82) is 0 Å². The molecule has 0 heterocycles. The molecule has 4 atom stereocenters. The maximum Gasteiger partial charge on any atom is 0.226 e. The van der Waals surface area contributed by atoms with Gasteiger partial charge >= 0.3 is 0 Å². The Hall–Kier alpha value is -1.30. The molecular weight excluding hydrogens is 270 g/mol. The van der Waals surface area contributed by atoms with Crippen LogP contribution in [0.2, 0.25) is 0 Å². The van der Waals surface area contributed by atoms with E-state index in [-0.39, 0.29) is 17.7 Å². The standard InChI is InChI=1S/C15H25N3O3/c1-21-7-6-18(5-4-11(16)17-20)15(19)14-12-9-2-3-10(8-9)13(12)14/h9-10,12-14,20H,2-8H2,1H3,(H2,16,17). The largest absolute Gasteiger partial charge is 0.409 e. The molecule has 3 fully saturated rings. The van der Waals surface area contributed by atoms with Crippen LogP contribution >= 0.6 is 0 Å². The molecule has 6 nitrogen and oxygen atoms in total. The van der Waals surface area contributed by atoms with Gasteiger partial charge in [0.2, 0.25) is 5.91 Å². The van der Waals surface area contributed by atoms with Gasteiger partial charge in [-0.3, -0.25) is 4.79 Å². The highest BCUT2D eigenvalue weighted by molar-refractivity contribution is 5.84. The smallest absolute Gasteiger partial charge is 0.226 e. The Morgan fingerprint density at radius 3 is 2.57 bits per heavy atom. The molecule has 118 valence electrons. The maximum absolute atomic E-state index is 12.8. The molecular formula is C15H25N3O3. The number of oxime groups is 1. The van der Waals surface area contributed by atoms with Crippen LogP contribution in [0.25, 0.3) is 0 Å². The third-order valence-electron chi connectivity index (χ3n) is 5.66. The summed E-state index contributed by atoms with van der Waals surface area (Å²) in [5.41, 5.74) is 5.52. The van der Waals surface area contributed by atoms with Gasteiger partial charge in [-0.25, -0.2) is 0 Å². The van der Waals surface area contributed by atoms with Crippen LogP contribution in [0.3, 0.4) is 0 Å². The van der Waals surface area contributed by atoms with Crippen molar-refractivity contribution in [1.82, 2.24) is 4.90 Å². The first-order chi connectivity index (χ1) is 10.2. The second-order valence-electron chi connectivity index (χ2n) is 6.67. The van der Waals surface area contributed by atoms with E-state index in [1.807, 2.05) is 4.90 Å². The van der Waals surface area contributed by atoms with Crippen molar-refractivity contribution < 1.29 is 14.7 Å². The number of nitrogens with zero attached hydrogens (tertiary/aromatic N) is 2. The van der Waals surface area contributed by atoms with Crippen LogP contribution in [0.4, 0.5) is 0 Å². The van der Waals surface area contributed by atoms with E-state index in [0.29, 0.717) is 38.0 Å². The van der Waals surface area contributed by atoms with Crippen LogP contribution in [0.1, 0.15) is 25.7 Å². The monoisotopic (exact) mass is 295 g/mol. The lowest BCUT2D eigenvalue weighted by Gasteiger charge is -2.23. The van der Waals surface area contributed by atoms with E-state index in [1.165, 1.54) is 19.3 Å². The number of carbonyl (C=O) groups excluding carboxylic acids is 1. The molecule has 0 aromatic heterocycles. The van der Waals surface area contributed by atoms with Crippen molar-refractivity contribution in [2.45, 2.75) is 25.7 Å². The Bertz CT molecular complexity index is 424. The summed E-state index contributed by atoms with van der Waals surface area (Å²) < 4.78 is 5.10. The lowest BCUT2D eigenvalue weighted by molar-refractivity contribution is -0.134. The number of ether oxygens (including phenoxy) is 1. The fourth-order valence-corrected chi connectivity index (χ4v) is 4.70. The van der Waals surface area contributed by atoms with E-state index >= 15 is 0 Å². The minimum atomic E-state index is 0.168. The zero-order chi connectivity index (χ0) is 15.0. The van der Waals surface area contributed by atoms with Crippen LogP contribution in [0, 0.1) is 29.6 Å². The van der Waals surface area contributed by atoms with E-state index in [4.69, 9.17) is 15.7 Å². The average Bonchev–Trinajstić information content (AvgIpc) is 2.93. The number of rotatable bonds is 7. The number of amides is 1. The van der Waals surface area contributed by atoms with Crippen molar-refractivity contribution in [2.75, 3.05) is 26.8 Å². The summed E-state index contributed by atoms with van der Waals surface area (Å²) in [6.45, 7) is 1.61. The fourth-order valence-electron chi connectivity index (χ4n) is 4.70. The van der Waals surface area contributed by atoms with Gasteiger partial charge in [0.05, 0.1) is 6.61 Å². The highest BCUT2D eigenvalue weighted by Crippen LogP contribution is 2.69. The molecule has 0 aromatic rings. The summed E-state index contributed by atoms with van der Waals surface area (Å²) in [7, 11) is 1.64. The van der Waals surface area contributed by atoms with Crippen LogP contribution in [0.15, 0.2) is 5.16 Å². The van der Waals surface area contributed by atoms with Gasteiger partial charge in [-0.2, -0.15) is 0 Å². The van der Waals surface area contributed by atoms with Crippen molar-refractivity contribution >= 4 is 11.7 Å². The van der Waals surface area contributed by atoms with Crippen molar-refractivity contribution in [3.05, 3.63) is 0 Å². The predicted octanol–water partition coefficient (Wildman–Crippen LogP) is 0.890. The summed E-state index contributed by atoms with van der Waals surface area (Å²) in [4.78, 5) is 14.6. The Balaban J connectivity index is 1.59. The number of nitrogens with two attached hydrogens (primary N) is 1. The molecule has 3 aliphatic carbocycles. The van der Waals surface area contributed by atoms with Crippen LogP contribution in [-0.2, 0) is 9.53 Å². The van der Waals surface area contributed by atoms with Gasteiger partial charge in [-0.05, 0) is 42.9 Å². The quantitative estimate of drug-likeness (QED) is 0.316. The lowest BCUT2D eigenvalue weighted by Crippen LogP contribution is -2.38. The van der Waals surface area contributed by atoms with Gasteiger partial charge in [0, 0.05) is 32.5 Å². The summed E-state index contributed by atoms with van der Waals surface area (Å²) in [6, 6.07) is 0. The molecule has 3 saturated carbocycles. The number of carbonyl (C=O) groups is 1. The molecule has 4 unspecified atom stereocenters. The fraction of sp³-hybridized carbons (Fsp3) is 0.867. The first kappa shape index (κ1) is 14.6. The molecule has 1 amide bonds. The Morgan fingerprint density at radius 2 is 2.00 bits per heavy atom. The molecule has 3 aliphatic rings. The minimum absolute atomic E-state index is 0.168. The zero-order valence-corrected chi connectivity index (χ0v) is 12.6. The topological polar surface area (TPSA) is 88.2 Å². The molecule has 0 aliphatic heterocycles. The molecule has 3 rings (SSSR count). The molecule has 0 radical (unpaired) electrons. The van der Waals surface area contributed by atoms with Gasteiger partial charge in [0.25, 0.3) is 0 Å². The summed E-state index contributed by atoms with van der Waals surface area (Å²) >= 11 is 0. The molecule has 0 aromatic carbocycles. The average molecular weight is 295 g/mol. The van der Waals surface area contributed by atoms with E-state index in [0.717, 1.165) is 11.8 Å². The second-order valence-corrected chi connectivity index (χ2v) is 6.67. The van der Waals surface area contributed by atoms with Gasteiger partial charge in [0.15, 0.2) is 0 Å². The first-order valence-electron chi connectivity index (χ1n) is 7.91. The Morgan fingerprint density at radius 1 is 1.33 bits per heavy atom. The molecule has 21 heavy (non-hydrogen) atoms. The van der Waals surface area contributed by atoms with Gasteiger partial charge in [-0.1, -0.05) is 5.16 Å². The van der Waals surface area contributed by atoms with Crippen molar-refractivity contribution in [3.63, 3.8) is 0 Å². The van der Waals surface area contributed by atoms with E-state index in [2.05, 4.69) is 5.16 Å². The second kappa shape index (κ2) is 5.83. The summed E-state index contributed by atoms with van der Waals surface area (Å²) in [6.07, 6.45) is 4.39. The lowest BCUT2D eigenvalue weighted by atomic mass is 10.0. The SMILES string of the molecule is COCCN(CCC(N)=NO)C(=O)C1C2C3CCC(C3)C12. The Kier molecular flexibility index (Phi) is 4.06. The van der Waals surface area contributed by atoms with Crippen LogP contribution < -0.4 is 5.73 Å². The minimum Gasteiger partial charge on any atom is -0.409 e. The van der Waals surface area contributed by atoms with E-state index in [1.54, 1.807) is 7.11 Å².